The molecule has 7 N–H and O–H groups in total. The van der Waals surface area contributed by atoms with Crippen LogP contribution in [-0.2, 0) is 21.2 Å². The predicted octanol–water partition coefficient (Wildman–Crippen LogP) is 5.77. The molecule has 0 aliphatic heterocycles. The van der Waals surface area contributed by atoms with Gasteiger partial charge in [0.1, 0.15) is 4.90 Å². The molecule has 17 nitrogen and oxygen atoms in total. The molecule has 0 bridgehead atoms. The Hall–Kier alpha value is -6.54. The molecule has 0 amide bonds. The number of para-hydroxylation sites is 2. The first-order valence-corrected chi connectivity index (χ1v) is 18.2. The summed E-state index contributed by atoms with van der Waals surface area (Å²) in [7, 11) is -1.46. The molecule has 6 aromatic rings. The molecule has 0 aliphatic rings. The molecule has 6 rings (SSSR count). The summed E-state index contributed by atoms with van der Waals surface area (Å²) in [6.45, 7) is 0. The van der Waals surface area contributed by atoms with Crippen LogP contribution in [0.5, 0.6) is 0 Å². The second kappa shape index (κ2) is 16.2. The van der Waals surface area contributed by atoms with Gasteiger partial charge < -0.3 is 36.5 Å². The van der Waals surface area contributed by atoms with E-state index in [1.54, 1.807) is 26.2 Å². The Morgan fingerprint density at radius 1 is 0.566 bits per heavy atom. The summed E-state index contributed by atoms with van der Waals surface area (Å²) < 4.78 is 59.8. The van der Waals surface area contributed by atoms with Crippen molar-refractivity contribution < 1.29 is 21.7 Å². The number of hydrogen-bond acceptors (Lipinski definition) is 16. The van der Waals surface area contributed by atoms with E-state index in [0.29, 0.717) is 5.69 Å². The smallest absolute Gasteiger partial charge is 0.295 e. The zero-order chi connectivity index (χ0) is 37.4. The summed E-state index contributed by atoms with van der Waals surface area (Å²) in [5.41, 5.74) is 2.43. The second-order valence-corrected chi connectivity index (χ2v) is 13.2. The van der Waals surface area contributed by atoms with Gasteiger partial charge in [0.2, 0.25) is 35.7 Å². The molecule has 53 heavy (non-hydrogen) atoms. The van der Waals surface area contributed by atoms with Crippen molar-refractivity contribution in [2.75, 3.05) is 46.0 Å². The van der Waals surface area contributed by atoms with Crippen LogP contribution in [0.15, 0.2) is 107 Å². The molecule has 0 saturated carbocycles. The van der Waals surface area contributed by atoms with Gasteiger partial charge in [0.25, 0.3) is 10.1 Å². The monoisotopic (exact) mass is 751 g/mol. The minimum Gasteiger partial charge on any atom is -0.768 e. The molecule has 0 radical (unpaired) electrons. The number of aromatic nitrogens is 6. The number of rotatable bonds is 14. The molecule has 1 unspecified atom stereocenters. The molecular weight excluding hydrogens is 721 g/mol. The van der Waals surface area contributed by atoms with Crippen molar-refractivity contribution in [1.29, 1.82) is 0 Å². The van der Waals surface area contributed by atoms with Crippen molar-refractivity contribution in [3.05, 3.63) is 108 Å². The fraction of sp³-hybridized carbons (Fsp3) is 0.0588. The van der Waals surface area contributed by atoms with Crippen molar-refractivity contribution in [1.82, 2.24) is 29.9 Å². The van der Waals surface area contributed by atoms with Crippen LogP contribution in [-0.4, -0.2) is 65.7 Å². The van der Waals surface area contributed by atoms with Gasteiger partial charge in [0.15, 0.2) is 0 Å². The molecule has 2 heterocycles. The van der Waals surface area contributed by atoms with Gasteiger partial charge in [0, 0.05) is 41.7 Å². The number of anilines is 10. The zero-order valence-electron chi connectivity index (χ0n) is 28.0. The first-order chi connectivity index (χ1) is 25.6. The van der Waals surface area contributed by atoms with Crippen molar-refractivity contribution in [3.63, 3.8) is 0 Å². The molecule has 0 saturated heterocycles. The van der Waals surface area contributed by atoms with E-state index in [-0.39, 0.29) is 57.4 Å². The van der Waals surface area contributed by atoms with Gasteiger partial charge in [-0.25, -0.2) is 0 Å². The Morgan fingerprint density at radius 3 is 1.40 bits per heavy atom. The van der Waals surface area contributed by atoms with E-state index in [2.05, 4.69) is 61.8 Å². The first-order valence-electron chi connectivity index (χ1n) is 15.6. The maximum atomic E-state index is 12.5. The van der Waals surface area contributed by atoms with E-state index in [4.69, 9.17) is 0 Å². The van der Waals surface area contributed by atoms with Crippen LogP contribution < -0.4 is 31.9 Å². The average Bonchev–Trinajstić information content (AvgIpc) is 3.14. The Kier molecular flexibility index (Phi) is 11.1. The Labute approximate surface area is 306 Å². The van der Waals surface area contributed by atoms with Crippen LogP contribution in [0.3, 0.4) is 0 Å². The summed E-state index contributed by atoms with van der Waals surface area (Å²) >= 11 is -2.70. The van der Waals surface area contributed by atoms with Gasteiger partial charge in [-0.15, -0.1) is 0 Å². The zero-order valence-corrected chi connectivity index (χ0v) is 29.6. The SMILES string of the molecule is CNc1nc(Nc2ccccc2)nc(Nc2ccc(/C=C/c3ccc(Nc4nc(NC)nc(Nc5ccccc5)n4)cc3S(=O)(=O)O)c(S(=O)[O-])c2)n1. The molecule has 270 valence electrons. The first kappa shape index (κ1) is 36.3. The number of nitrogens with one attached hydrogen (secondary N) is 6. The average molecular weight is 752 g/mol. The lowest BCUT2D eigenvalue weighted by Crippen LogP contribution is -2.08. The van der Waals surface area contributed by atoms with Gasteiger partial charge >= 0.3 is 0 Å². The lowest BCUT2D eigenvalue weighted by Gasteiger charge is -2.14. The van der Waals surface area contributed by atoms with Crippen LogP contribution >= 0.6 is 0 Å². The maximum absolute atomic E-state index is 12.5. The lowest BCUT2D eigenvalue weighted by molar-refractivity contribution is 0.483. The Morgan fingerprint density at radius 2 is 0.962 bits per heavy atom. The fourth-order valence-corrected chi connectivity index (χ4v) is 6.07. The summed E-state index contributed by atoms with van der Waals surface area (Å²) in [5, 5.41) is 17.8. The molecule has 4 aromatic carbocycles. The van der Waals surface area contributed by atoms with E-state index < -0.39 is 26.1 Å². The standard InChI is InChI=1S/C34H32N12O5S2/c1-35-29-41-31(37-23-9-5-3-6-10-23)45-33(43-29)39-25-17-15-21(27(19-25)52(47)48)13-14-22-16-18-26(20-28(22)53(49,50)51)40-34-44-30(36-2)42-32(46-34)38-24-11-7-4-8-12-24/h3-20H,1-2H3,(H,47,48)(H,49,50,51)(H3,35,37,39,41,43,45)(H3,36,38,40,42,44,46)/p-1/b14-13+. The van der Waals surface area contributed by atoms with Crippen LogP contribution in [0.2, 0.25) is 0 Å². The van der Waals surface area contributed by atoms with E-state index in [0.717, 1.165) is 11.4 Å². The number of benzene rings is 4. The molecule has 1 atom stereocenters. The summed E-state index contributed by atoms with van der Waals surface area (Å²) in [4.78, 5) is 25.4. The van der Waals surface area contributed by atoms with Gasteiger partial charge in [-0.1, -0.05) is 60.7 Å². The largest absolute Gasteiger partial charge is 0.768 e. The minimum atomic E-state index is -4.74. The number of hydrogen-bond donors (Lipinski definition) is 7. The van der Waals surface area contributed by atoms with Crippen molar-refractivity contribution in [3.8, 4) is 0 Å². The summed E-state index contributed by atoms with van der Waals surface area (Å²) in [5.74, 6) is 1.21. The molecular formula is C34H31N12O5S2-. The van der Waals surface area contributed by atoms with Crippen molar-refractivity contribution in [2.24, 2.45) is 0 Å². The van der Waals surface area contributed by atoms with Gasteiger partial charge in [-0.2, -0.15) is 38.3 Å². The minimum absolute atomic E-state index is 0.0871. The van der Waals surface area contributed by atoms with Gasteiger partial charge in [-0.3, -0.25) is 8.76 Å². The van der Waals surface area contributed by atoms with E-state index in [1.165, 1.54) is 36.4 Å². The molecule has 0 aliphatic carbocycles. The van der Waals surface area contributed by atoms with E-state index in [9.17, 15) is 21.7 Å². The topological polar surface area (TPSA) is 244 Å². The second-order valence-electron chi connectivity index (χ2n) is 10.9. The molecule has 0 fully saturated rings. The van der Waals surface area contributed by atoms with Crippen LogP contribution in [0.25, 0.3) is 12.2 Å². The van der Waals surface area contributed by atoms with Gasteiger partial charge in [0.05, 0.1) is 0 Å². The lowest BCUT2D eigenvalue weighted by atomic mass is 10.1. The normalized spacial score (nSPS) is 11.8. The van der Waals surface area contributed by atoms with Crippen molar-refractivity contribution >= 4 is 91.8 Å². The van der Waals surface area contributed by atoms with Crippen LogP contribution in [0, 0.1) is 0 Å². The molecule has 2 aromatic heterocycles. The fourth-order valence-electron chi connectivity index (χ4n) is 4.81. The highest BCUT2D eigenvalue weighted by Crippen LogP contribution is 2.28. The molecule has 19 heteroatoms. The Bertz CT molecular complexity index is 2400. The maximum Gasteiger partial charge on any atom is 0.295 e. The quantitative estimate of drug-likeness (QED) is 0.0397. The summed E-state index contributed by atoms with van der Waals surface area (Å²) in [6.07, 6.45) is 2.80. The molecule has 0 spiro atoms. The van der Waals surface area contributed by atoms with Crippen LogP contribution in [0.4, 0.5) is 58.4 Å². The summed E-state index contributed by atoms with van der Waals surface area (Å²) in [6, 6.07) is 27.2. The van der Waals surface area contributed by atoms with Crippen LogP contribution in [0.1, 0.15) is 11.1 Å². The van der Waals surface area contributed by atoms with E-state index in [1.807, 2.05) is 60.7 Å². The van der Waals surface area contributed by atoms with Gasteiger partial charge in [-0.05, 0) is 70.7 Å². The highest BCUT2D eigenvalue weighted by molar-refractivity contribution is 7.86. The van der Waals surface area contributed by atoms with E-state index >= 15 is 0 Å². The third-order valence-electron chi connectivity index (χ3n) is 7.22. The third-order valence-corrected chi connectivity index (χ3v) is 8.84. The highest BCUT2D eigenvalue weighted by Gasteiger charge is 2.17. The number of nitrogens with zero attached hydrogens (tertiary/aromatic N) is 6. The highest BCUT2D eigenvalue weighted by atomic mass is 32.2. The van der Waals surface area contributed by atoms with Crippen molar-refractivity contribution in [2.45, 2.75) is 9.79 Å². The Balaban J connectivity index is 1.24. The predicted molar refractivity (Wildman–Crippen MR) is 204 cm³/mol. The third kappa shape index (κ3) is 9.62.